The summed E-state index contributed by atoms with van der Waals surface area (Å²) >= 11 is 21.7. The molecule has 1 aliphatic heterocycles. The van der Waals surface area contributed by atoms with Gasteiger partial charge in [-0.1, -0.05) is 59.1 Å². The second-order valence-electron chi connectivity index (χ2n) is 7.12. The number of urea groups is 1. The topological polar surface area (TPSA) is 75.7 Å². The number of anilines is 1. The lowest BCUT2D eigenvalue weighted by Gasteiger charge is -2.27. The Kier molecular flexibility index (Phi) is 7.28. The van der Waals surface area contributed by atoms with Gasteiger partial charge in [0.15, 0.2) is 0 Å². The maximum absolute atomic E-state index is 13.0. The molecule has 3 aromatic carbocycles. The lowest BCUT2D eigenvalue weighted by Crippen LogP contribution is -2.54. The molecule has 4 amide bonds. The molecule has 0 saturated carbocycles. The highest BCUT2D eigenvalue weighted by Crippen LogP contribution is 2.31. The first-order chi connectivity index (χ1) is 16.2. The van der Waals surface area contributed by atoms with Crippen LogP contribution >= 0.6 is 50.7 Å². The Morgan fingerprint density at radius 2 is 1.71 bits per heavy atom. The first-order valence-electron chi connectivity index (χ1n) is 9.77. The number of nitrogens with one attached hydrogen (secondary N) is 1. The molecule has 1 fully saturated rings. The fraction of sp³-hybridized carbons (Fsp3) is 0.0417. The monoisotopic (exact) mass is 578 g/mol. The minimum Gasteiger partial charge on any atom is -0.488 e. The third kappa shape index (κ3) is 5.13. The number of carbonyl (C=O) groups is 3. The molecular formula is C24H14BrCl3N2O4. The highest BCUT2D eigenvalue weighted by Gasteiger charge is 2.37. The van der Waals surface area contributed by atoms with E-state index >= 15 is 0 Å². The third-order valence-electron chi connectivity index (χ3n) is 4.86. The maximum Gasteiger partial charge on any atom is 0.335 e. The van der Waals surface area contributed by atoms with Crippen molar-refractivity contribution >= 4 is 80.3 Å². The molecule has 0 aromatic heterocycles. The molecule has 0 bridgehead atoms. The zero-order chi connectivity index (χ0) is 24.4. The number of halogens is 4. The van der Waals surface area contributed by atoms with Crippen molar-refractivity contribution in [3.05, 3.63) is 96.9 Å². The van der Waals surface area contributed by atoms with Crippen LogP contribution in [0.2, 0.25) is 15.1 Å². The van der Waals surface area contributed by atoms with Gasteiger partial charge in [-0.05, 0) is 64.0 Å². The van der Waals surface area contributed by atoms with Crippen molar-refractivity contribution in [2.45, 2.75) is 6.61 Å². The van der Waals surface area contributed by atoms with Gasteiger partial charge in [-0.2, -0.15) is 0 Å². The lowest BCUT2D eigenvalue weighted by atomic mass is 10.1. The number of rotatable bonds is 5. The number of hydrogen-bond acceptors (Lipinski definition) is 4. The Balaban J connectivity index is 1.57. The van der Waals surface area contributed by atoms with Gasteiger partial charge >= 0.3 is 6.03 Å². The van der Waals surface area contributed by atoms with E-state index < -0.39 is 17.8 Å². The van der Waals surface area contributed by atoms with Gasteiger partial charge in [-0.15, -0.1) is 0 Å². The summed E-state index contributed by atoms with van der Waals surface area (Å²) in [5.41, 5.74) is 1.26. The van der Waals surface area contributed by atoms with E-state index in [4.69, 9.17) is 39.5 Å². The number of imide groups is 2. The van der Waals surface area contributed by atoms with Crippen molar-refractivity contribution < 1.29 is 19.1 Å². The number of para-hydroxylation sites is 1. The van der Waals surface area contributed by atoms with Gasteiger partial charge in [0, 0.05) is 15.6 Å². The van der Waals surface area contributed by atoms with Crippen LogP contribution in [0.5, 0.6) is 5.75 Å². The molecule has 1 aliphatic rings. The number of benzene rings is 3. The molecule has 1 N–H and O–H groups in total. The van der Waals surface area contributed by atoms with E-state index in [-0.39, 0.29) is 22.9 Å². The number of amides is 4. The number of nitrogens with zero attached hydrogens (tertiary/aromatic N) is 1. The average Bonchev–Trinajstić information content (AvgIpc) is 2.78. The highest BCUT2D eigenvalue weighted by atomic mass is 79.9. The Bertz CT molecular complexity index is 1360. The number of barbiturate groups is 1. The van der Waals surface area contributed by atoms with Crippen molar-refractivity contribution in [1.82, 2.24) is 5.32 Å². The fourth-order valence-electron chi connectivity index (χ4n) is 3.19. The summed E-state index contributed by atoms with van der Waals surface area (Å²) in [6.07, 6.45) is 1.39. The van der Waals surface area contributed by atoms with E-state index in [1.807, 2.05) is 0 Å². The minimum atomic E-state index is -0.869. The van der Waals surface area contributed by atoms with Crippen LogP contribution in [0, 0.1) is 0 Å². The van der Waals surface area contributed by atoms with Crippen LogP contribution in [0.3, 0.4) is 0 Å². The first-order valence-corrected chi connectivity index (χ1v) is 11.7. The van der Waals surface area contributed by atoms with Crippen molar-refractivity contribution in [1.29, 1.82) is 0 Å². The summed E-state index contributed by atoms with van der Waals surface area (Å²) in [6.45, 7) is 0.213. The van der Waals surface area contributed by atoms with E-state index in [9.17, 15) is 14.4 Å². The highest BCUT2D eigenvalue weighted by molar-refractivity contribution is 9.10. The minimum absolute atomic E-state index is 0.177. The Morgan fingerprint density at radius 3 is 2.41 bits per heavy atom. The molecule has 6 nitrogen and oxygen atoms in total. The van der Waals surface area contributed by atoms with Crippen LogP contribution in [0.4, 0.5) is 10.5 Å². The van der Waals surface area contributed by atoms with Gasteiger partial charge in [-0.25, -0.2) is 9.69 Å². The lowest BCUT2D eigenvalue weighted by molar-refractivity contribution is -0.122. The molecule has 0 aliphatic carbocycles. The van der Waals surface area contributed by atoms with Crippen molar-refractivity contribution in [3.8, 4) is 5.75 Å². The summed E-state index contributed by atoms with van der Waals surface area (Å²) < 4.78 is 6.42. The number of hydrogen-bond donors (Lipinski definition) is 1. The van der Waals surface area contributed by atoms with Crippen LogP contribution < -0.4 is 15.0 Å². The fourth-order valence-corrected chi connectivity index (χ4v) is 4.39. The Morgan fingerprint density at radius 1 is 0.941 bits per heavy atom. The van der Waals surface area contributed by atoms with Crippen LogP contribution in [0.1, 0.15) is 11.1 Å². The Hall–Kier alpha value is -2.84. The van der Waals surface area contributed by atoms with E-state index in [1.54, 1.807) is 54.6 Å². The van der Waals surface area contributed by atoms with Crippen molar-refractivity contribution in [2.24, 2.45) is 0 Å². The molecule has 0 atom stereocenters. The molecule has 172 valence electrons. The summed E-state index contributed by atoms with van der Waals surface area (Å²) in [7, 11) is 0. The molecule has 0 unspecified atom stereocenters. The molecule has 4 rings (SSSR count). The molecule has 1 saturated heterocycles. The first kappa shape index (κ1) is 24.3. The van der Waals surface area contributed by atoms with Gasteiger partial charge in [0.05, 0.1) is 15.2 Å². The van der Waals surface area contributed by atoms with Gasteiger partial charge < -0.3 is 4.74 Å². The van der Waals surface area contributed by atoms with Crippen LogP contribution in [0.25, 0.3) is 6.08 Å². The van der Waals surface area contributed by atoms with Gasteiger partial charge in [0.25, 0.3) is 11.8 Å². The van der Waals surface area contributed by atoms with E-state index in [0.29, 0.717) is 25.8 Å². The summed E-state index contributed by atoms with van der Waals surface area (Å²) in [4.78, 5) is 38.6. The van der Waals surface area contributed by atoms with Crippen LogP contribution in [0.15, 0.2) is 70.7 Å². The van der Waals surface area contributed by atoms with E-state index in [2.05, 4.69) is 21.2 Å². The SMILES string of the molecule is O=C1NC(=O)N(c2ccccc2Cl)C(=O)/C1=C/c1ccc(OCc2ccc(Cl)cc2Cl)c(Br)c1. The predicted molar refractivity (Wildman–Crippen MR) is 135 cm³/mol. The molecular weight excluding hydrogens is 567 g/mol. The maximum atomic E-state index is 13.0. The zero-order valence-electron chi connectivity index (χ0n) is 17.2. The largest absolute Gasteiger partial charge is 0.488 e. The van der Waals surface area contributed by atoms with Gasteiger partial charge in [0.2, 0.25) is 0 Å². The smallest absolute Gasteiger partial charge is 0.335 e. The summed E-state index contributed by atoms with van der Waals surface area (Å²) in [5.74, 6) is -1.05. The molecule has 1 heterocycles. The van der Waals surface area contributed by atoms with E-state index in [0.717, 1.165) is 10.5 Å². The molecule has 34 heavy (non-hydrogen) atoms. The molecule has 0 spiro atoms. The van der Waals surface area contributed by atoms with Crippen molar-refractivity contribution in [3.63, 3.8) is 0 Å². The molecule has 10 heteroatoms. The molecule has 3 aromatic rings. The van der Waals surface area contributed by atoms with E-state index in [1.165, 1.54) is 12.1 Å². The van der Waals surface area contributed by atoms with Gasteiger partial charge in [0.1, 0.15) is 17.9 Å². The standard InChI is InChI=1S/C24H14BrCl3N2O4/c25-17-10-13(5-8-21(17)34-12-14-6-7-15(26)11-19(14)28)9-16-22(31)29-24(33)30(23(16)32)20-4-2-1-3-18(20)27/h1-11H,12H2,(H,29,31,33)/b16-9+. The third-order valence-corrected chi connectivity index (χ3v) is 6.39. The normalized spacial score (nSPS) is 15.0. The Labute approximate surface area is 218 Å². The number of carbonyl (C=O) groups excluding carboxylic acids is 3. The van der Waals surface area contributed by atoms with Crippen LogP contribution in [-0.4, -0.2) is 17.8 Å². The number of ether oxygens (including phenoxy) is 1. The predicted octanol–water partition coefficient (Wildman–Crippen LogP) is 6.65. The van der Waals surface area contributed by atoms with Crippen LogP contribution in [-0.2, 0) is 16.2 Å². The van der Waals surface area contributed by atoms with Gasteiger partial charge in [-0.3, -0.25) is 14.9 Å². The molecule has 0 radical (unpaired) electrons. The second-order valence-corrected chi connectivity index (χ2v) is 9.23. The summed E-state index contributed by atoms with van der Waals surface area (Å²) in [6, 6.07) is 15.7. The van der Waals surface area contributed by atoms with Crippen molar-refractivity contribution in [2.75, 3.05) is 4.90 Å². The zero-order valence-corrected chi connectivity index (χ0v) is 21.0. The second kappa shape index (κ2) is 10.2. The average molecular weight is 581 g/mol. The quantitative estimate of drug-likeness (QED) is 0.271. The summed E-state index contributed by atoms with van der Waals surface area (Å²) in [5, 5.41) is 3.39.